The quantitative estimate of drug-likeness (QED) is 0.618. The molecule has 114 valence electrons. The maximum Gasteiger partial charge on any atom is 0.156 e. The Morgan fingerprint density at radius 3 is 2.57 bits per heavy atom. The first-order valence-corrected chi connectivity index (χ1v) is 7.26. The molecule has 0 heterocycles. The zero-order valence-corrected chi connectivity index (χ0v) is 13.7. The molecule has 0 spiro atoms. The van der Waals surface area contributed by atoms with E-state index in [0.717, 1.165) is 16.7 Å². The molecular weight excluding hydrogens is 260 g/mol. The summed E-state index contributed by atoms with van der Waals surface area (Å²) in [4.78, 5) is 11.6. The van der Waals surface area contributed by atoms with E-state index >= 15 is 0 Å². The Labute approximate surface area is 128 Å². The first-order valence-electron chi connectivity index (χ1n) is 7.26. The van der Waals surface area contributed by atoms with Crippen LogP contribution >= 0.6 is 0 Å². The second kappa shape index (κ2) is 6.86. The summed E-state index contributed by atoms with van der Waals surface area (Å²) in [6.45, 7) is 13.7. The zero-order chi connectivity index (χ0) is 16.2. The van der Waals surface area contributed by atoms with E-state index < -0.39 is 6.10 Å². The van der Waals surface area contributed by atoms with Crippen LogP contribution in [0.4, 0.5) is 0 Å². The van der Waals surface area contributed by atoms with Crippen molar-refractivity contribution in [2.24, 2.45) is 5.41 Å². The van der Waals surface area contributed by atoms with Crippen LogP contribution in [-0.2, 0) is 4.79 Å². The molecule has 0 aromatic carbocycles. The van der Waals surface area contributed by atoms with Gasteiger partial charge in [0.2, 0.25) is 0 Å². The van der Waals surface area contributed by atoms with Crippen LogP contribution in [0.15, 0.2) is 59.3 Å². The zero-order valence-electron chi connectivity index (χ0n) is 13.7. The van der Waals surface area contributed by atoms with Crippen LogP contribution in [0.3, 0.4) is 0 Å². The highest BCUT2D eigenvalue weighted by atomic mass is 16.3. The standard InChI is InChI=1S/C19H26O2/c1-13(2)18(21)10-8-14(3)7-9-17-15(4)11-16(20)12-19(17,5)6/h7-11,18,21H,1,12H2,2-6H3. The second-order valence-corrected chi connectivity index (χ2v) is 6.50. The number of hydrogen-bond acceptors (Lipinski definition) is 2. The van der Waals surface area contributed by atoms with E-state index in [1.54, 1.807) is 19.1 Å². The summed E-state index contributed by atoms with van der Waals surface area (Å²) in [6, 6.07) is 0. The third-order valence-electron chi connectivity index (χ3n) is 3.71. The minimum atomic E-state index is -0.605. The minimum Gasteiger partial charge on any atom is -0.385 e. The molecule has 1 atom stereocenters. The smallest absolute Gasteiger partial charge is 0.156 e. The second-order valence-electron chi connectivity index (χ2n) is 6.50. The molecule has 0 saturated heterocycles. The number of aliphatic hydroxyl groups is 1. The lowest BCUT2D eigenvalue weighted by atomic mass is 9.72. The molecule has 0 aromatic heterocycles. The van der Waals surface area contributed by atoms with Crippen LogP contribution in [0.1, 0.15) is 41.0 Å². The van der Waals surface area contributed by atoms with Gasteiger partial charge in [0.15, 0.2) is 5.78 Å². The molecule has 1 aliphatic carbocycles. The Hall–Kier alpha value is -1.67. The van der Waals surface area contributed by atoms with Crippen molar-refractivity contribution in [2.75, 3.05) is 0 Å². The molecule has 21 heavy (non-hydrogen) atoms. The van der Waals surface area contributed by atoms with Crippen molar-refractivity contribution in [1.82, 2.24) is 0 Å². The third-order valence-corrected chi connectivity index (χ3v) is 3.71. The fourth-order valence-corrected chi connectivity index (χ4v) is 2.47. The Morgan fingerprint density at radius 2 is 2.05 bits per heavy atom. The molecule has 0 aliphatic heterocycles. The number of ketones is 1. The Balaban J connectivity index is 2.96. The molecule has 0 bridgehead atoms. The van der Waals surface area contributed by atoms with E-state index in [-0.39, 0.29) is 11.2 Å². The lowest BCUT2D eigenvalue weighted by Gasteiger charge is -2.31. The van der Waals surface area contributed by atoms with E-state index in [1.165, 1.54) is 5.57 Å². The summed E-state index contributed by atoms with van der Waals surface area (Å²) in [5.74, 6) is 0.194. The average Bonchev–Trinajstić information content (AvgIpc) is 2.33. The summed E-state index contributed by atoms with van der Waals surface area (Å²) in [5.41, 5.74) is 3.86. The van der Waals surface area contributed by atoms with Crippen LogP contribution in [0.5, 0.6) is 0 Å². The van der Waals surface area contributed by atoms with E-state index in [2.05, 4.69) is 26.5 Å². The van der Waals surface area contributed by atoms with Crippen molar-refractivity contribution in [3.05, 3.63) is 59.3 Å². The van der Waals surface area contributed by atoms with Gasteiger partial charge >= 0.3 is 0 Å². The Morgan fingerprint density at radius 1 is 1.43 bits per heavy atom. The van der Waals surface area contributed by atoms with Crippen LogP contribution in [0.2, 0.25) is 0 Å². The number of carbonyl (C=O) groups excluding carboxylic acids is 1. The van der Waals surface area contributed by atoms with Crippen LogP contribution < -0.4 is 0 Å². The molecule has 2 nitrogen and oxygen atoms in total. The number of allylic oxidation sites excluding steroid dienone is 7. The highest BCUT2D eigenvalue weighted by Gasteiger charge is 2.30. The van der Waals surface area contributed by atoms with E-state index in [1.807, 2.05) is 26.0 Å². The summed E-state index contributed by atoms with van der Waals surface area (Å²) in [7, 11) is 0. The molecule has 1 aliphatic rings. The van der Waals surface area contributed by atoms with Crippen LogP contribution in [0.25, 0.3) is 0 Å². The van der Waals surface area contributed by atoms with Gasteiger partial charge < -0.3 is 5.11 Å². The molecule has 1 rings (SSSR count). The van der Waals surface area contributed by atoms with Crippen molar-refractivity contribution in [3.63, 3.8) is 0 Å². The molecule has 0 aromatic rings. The van der Waals surface area contributed by atoms with Crippen molar-refractivity contribution < 1.29 is 9.90 Å². The molecule has 0 fully saturated rings. The SMILES string of the molecule is C=C(C)C(O)C=CC(C)=CC=C1C(C)=CC(=O)CC1(C)C. The number of hydrogen-bond donors (Lipinski definition) is 1. The van der Waals surface area contributed by atoms with E-state index in [4.69, 9.17) is 0 Å². The largest absolute Gasteiger partial charge is 0.385 e. The first-order chi connectivity index (χ1) is 9.63. The van der Waals surface area contributed by atoms with Crippen molar-refractivity contribution in [1.29, 1.82) is 0 Å². The van der Waals surface area contributed by atoms with Crippen molar-refractivity contribution in [2.45, 2.75) is 47.1 Å². The summed E-state index contributed by atoms with van der Waals surface area (Å²) >= 11 is 0. The minimum absolute atomic E-state index is 0.131. The average molecular weight is 286 g/mol. The highest BCUT2D eigenvalue weighted by Crippen LogP contribution is 2.39. The van der Waals surface area contributed by atoms with Gasteiger partial charge in [-0.2, -0.15) is 0 Å². The summed E-state index contributed by atoms with van der Waals surface area (Å²) in [5, 5.41) is 9.67. The molecule has 0 radical (unpaired) electrons. The van der Waals surface area contributed by atoms with Crippen LogP contribution in [-0.4, -0.2) is 17.0 Å². The van der Waals surface area contributed by atoms with E-state index in [0.29, 0.717) is 6.42 Å². The van der Waals surface area contributed by atoms with Gasteiger partial charge in [0.25, 0.3) is 0 Å². The van der Waals surface area contributed by atoms with Crippen molar-refractivity contribution in [3.8, 4) is 0 Å². The van der Waals surface area contributed by atoms with Crippen molar-refractivity contribution >= 4 is 5.78 Å². The lowest BCUT2D eigenvalue weighted by molar-refractivity contribution is -0.116. The molecule has 0 saturated carbocycles. The molecule has 1 N–H and O–H groups in total. The van der Waals surface area contributed by atoms with Gasteiger partial charge in [0.1, 0.15) is 0 Å². The maximum atomic E-state index is 11.6. The van der Waals surface area contributed by atoms with Gasteiger partial charge in [0, 0.05) is 6.42 Å². The monoisotopic (exact) mass is 286 g/mol. The van der Waals surface area contributed by atoms with Gasteiger partial charge in [-0.15, -0.1) is 0 Å². The normalized spacial score (nSPS) is 22.6. The Kier molecular flexibility index (Phi) is 5.68. The number of carbonyl (C=O) groups is 1. The summed E-state index contributed by atoms with van der Waals surface area (Å²) in [6.07, 6.45) is 9.37. The van der Waals surface area contributed by atoms with Gasteiger partial charge in [-0.1, -0.05) is 50.3 Å². The molecular formula is C19H26O2. The highest BCUT2D eigenvalue weighted by molar-refractivity contribution is 5.93. The van der Waals surface area contributed by atoms with Gasteiger partial charge in [0.05, 0.1) is 6.10 Å². The van der Waals surface area contributed by atoms with Gasteiger partial charge in [-0.3, -0.25) is 4.79 Å². The fourth-order valence-electron chi connectivity index (χ4n) is 2.47. The topological polar surface area (TPSA) is 37.3 Å². The van der Waals surface area contributed by atoms with E-state index in [9.17, 15) is 9.90 Å². The van der Waals surface area contributed by atoms with Gasteiger partial charge in [-0.25, -0.2) is 0 Å². The predicted octanol–water partition coefficient (Wildman–Crippen LogP) is 4.30. The van der Waals surface area contributed by atoms with Crippen LogP contribution in [0, 0.1) is 5.41 Å². The number of rotatable bonds is 4. The lowest BCUT2D eigenvalue weighted by Crippen LogP contribution is -2.24. The maximum absolute atomic E-state index is 11.6. The molecule has 2 heteroatoms. The third kappa shape index (κ3) is 4.98. The molecule has 1 unspecified atom stereocenters. The Bertz CT molecular complexity index is 554. The molecule has 0 amide bonds. The number of aliphatic hydroxyl groups excluding tert-OH is 1. The fraction of sp³-hybridized carbons (Fsp3) is 0.421. The summed E-state index contributed by atoms with van der Waals surface area (Å²) < 4.78 is 0. The first kappa shape index (κ1) is 17.4. The predicted molar refractivity (Wildman–Crippen MR) is 89.0 cm³/mol. The van der Waals surface area contributed by atoms with Gasteiger partial charge in [-0.05, 0) is 49.0 Å².